The molecule has 0 unspecified atom stereocenters. The van der Waals surface area contributed by atoms with Gasteiger partial charge in [0.25, 0.3) is 0 Å². The topological polar surface area (TPSA) is 18.8 Å². The zero-order valence-corrected chi connectivity index (χ0v) is 8.88. The molecule has 4 heteroatoms. The highest BCUT2D eigenvalue weighted by atomic mass is 32.2. The van der Waals surface area contributed by atoms with Crippen molar-refractivity contribution in [2.24, 2.45) is 4.99 Å². The largest absolute Gasteiger partial charge is 0.298 e. The number of allylic oxidation sites excluding steroid dienone is 1. The summed E-state index contributed by atoms with van der Waals surface area (Å²) >= 11 is 1.68. The van der Waals surface area contributed by atoms with Crippen molar-refractivity contribution < 1.29 is 0 Å². The normalized spacial score (nSPS) is 20.7. The fourth-order valence-electron chi connectivity index (χ4n) is 1.08. The second-order valence-electron chi connectivity index (χ2n) is 4.04. The number of fused-ring (bicyclic) bond motifs is 1. The molecule has 0 saturated heterocycles. The second kappa shape index (κ2) is 2.80. The van der Waals surface area contributed by atoms with Crippen molar-refractivity contribution in [2.45, 2.75) is 26.3 Å². The lowest BCUT2D eigenvalue weighted by Crippen LogP contribution is -2.31. The molecule has 0 spiro atoms. The quantitative estimate of drug-likeness (QED) is 0.553. The Hall–Kier alpha value is -0.900. The summed E-state index contributed by atoms with van der Waals surface area (Å²) in [5.41, 5.74) is 1.34. The van der Waals surface area contributed by atoms with Crippen LogP contribution in [0.3, 0.4) is 0 Å². The number of rotatable bonds is 0. The van der Waals surface area contributed by atoms with Crippen LogP contribution >= 0.6 is 12.1 Å². The Balaban J connectivity index is 2.21. The maximum absolute atomic E-state index is 4.07. The second-order valence-corrected chi connectivity index (χ2v) is 4.99. The van der Waals surface area contributed by atoms with Gasteiger partial charge in [0.2, 0.25) is 0 Å². The van der Waals surface area contributed by atoms with Crippen LogP contribution in [0.4, 0.5) is 0 Å². The van der Waals surface area contributed by atoms with Crippen LogP contribution in [0.25, 0.3) is 0 Å². The maximum Gasteiger partial charge on any atom is 0.107 e. The summed E-state index contributed by atoms with van der Waals surface area (Å²) in [4.78, 5) is 4.07. The van der Waals surface area contributed by atoms with Crippen molar-refractivity contribution in [2.75, 3.05) is 0 Å². The average molecular weight is 195 g/mol. The van der Waals surface area contributed by atoms with Crippen molar-refractivity contribution in [3.05, 3.63) is 24.2 Å². The zero-order chi connectivity index (χ0) is 9.47. The molecule has 0 atom stereocenters. The fraction of sp³-hybridized carbons (Fsp3) is 0.444. The van der Waals surface area contributed by atoms with E-state index in [-0.39, 0.29) is 5.54 Å². The fourth-order valence-corrected chi connectivity index (χ4v) is 1.97. The molecule has 13 heavy (non-hydrogen) atoms. The average Bonchev–Trinajstić information content (AvgIpc) is 2.45. The van der Waals surface area contributed by atoms with Crippen LogP contribution in [0.5, 0.6) is 0 Å². The van der Waals surface area contributed by atoms with Crippen LogP contribution in [-0.2, 0) is 0 Å². The molecule has 3 nitrogen and oxygen atoms in total. The maximum atomic E-state index is 4.07. The molecule has 2 heterocycles. The highest BCUT2D eigenvalue weighted by molar-refractivity contribution is 7.95. The third-order valence-corrected chi connectivity index (χ3v) is 3.15. The Morgan fingerprint density at radius 1 is 1.38 bits per heavy atom. The summed E-state index contributed by atoms with van der Waals surface area (Å²) in [7, 11) is 0. The molecular formula is C9H13N3S. The van der Waals surface area contributed by atoms with Gasteiger partial charge in [0.1, 0.15) is 6.34 Å². The van der Waals surface area contributed by atoms with Crippen LogP contribution in [0.2, 0.25) is 0 Å². The van der Waals surface area contributed by atoms with Gasteiger partial charge < -0.3 is 0 Å². The summed E-state index contributed by atoms with van der Waals surface area (Å²) in [6.07, 6.45) is 7.81. The highest BCUT2D eigenvalue weighted by Gasteiger charge is 2.28. The van der Waals surface area contributed by atoms with E-state index in [2.05, 4.69) is 40.6 Å². The third kappa shape index (κ3) is 1.58. The first-order valence-electron chi connectivity index (χ1n) is 4.26. The molecule has 0 aromatic heterocycles. The summed E-state index contributed by atoms with van der Waals surface area (Å²) < 4.78 is 4.29. The van der Waals surface area contributed by atoms with Crippen LogP contribution in [0.15, 0.2) is 29.2 Å². The van der Waals surface area contributed by atoms with Crippen molar-refractivity contribution >= 4 is 18.5 Å². The third-order valence-electron chi connectivity index (χ3n) is 1.84. The summed E-state index contributed by atoms with van der Waals surface area (Å²) in [6.45, 7) is 6.57. The number of aliphatic imine (C=N–C) groups is 1. The number of hydrogen-bond donors (Lipinski definition) is 0. The summed E-state index contributed by atoms with van der Waals surface area (Å²) in [6, 6.07) is 0. The molecule has 0 fully saturated rings. The van der Waals surface area contributed by atoms with Gasteiger partial charge in [0, 0.05) is 17.9 Å². The smallest absolute Gasteiger partial charge is 0.107 e. The van der Waals surface area contributed by atoms with Gasteiger partial charge in [-0.2, -0.15) is 0 Å². The summed E-state index contributed by atoms with van der Waals surface area (Å²) in [5, 5.41) is 0. The molecule has 0 saturated carbocycles. The Kier molecular flexibility index (Phi) is 1.87. The van der Waals surface area contributed by atoms with Gasteiger partial charge in [0.05, 0.1) is 17.8 Å². The van der Waals surface area contributed by atoms with E-state index in [1.54, 1.807) is 12.1 Å². The molecule has 70 valence electrons. The molecule has 2 aliphatic heterocycles. The van der Waals surface area contributed by atoms with E-state index >= 15 is 0 Å². The molecule has 2 rings (SSSR count). The molecule has 2 aliphatic rings. The van der Waals surface area contributed by atoms with Crippen LogP contribution < -0.4 is 0 Å². The lowest BCUT2D eigenvalue weighted by Gasteiger charge is -2.30. The van der Waals surface area contributed by atoms with Gasteiger partial charge in [0.15, 0.2) is 0 Å². The molecule has 0 aliphatic carbocycles. The predicted octanol–water partition coefficient (Wildman–Crippen LogP) is 2.36. The Bertz CT molecular complexity index is 298. The highest BCUT2D eigenvalue weighted by Crippen LogP contribution is 2.36. The molecule has 0 amide bonds. The van der Waals surface area contributed by atoms with Gasteiger partial charge in [-0.05, 0) is 26.8 Å². The van der Waals surface area contributed by atoms with Crippen molar-refractivity contribution in [1.82, 2.24) is 8.61 Å². The lowest BCUT2D eigenvalue weighted by atomic mass is 10.1. The predicted molar refractivity (Wildman–Crippen MR) is 56.7 cm³/mol. The van der Waals surface area contributed by atoms with Crippen molar-refractivity contribution in [3.8, 4) is 0 Å². The number of nitrogens with zero attached hydrogens (tertiary/aromatic N) is 3. The van der Waals surface area contributed by atoms with Gasteiger partial charge in [-0.3, -0.25) is 8.61 Å². The van der Waals surface area contributed by atoms with Gasteiger partial charge in [-0.25, -0.2) is 4.99 Å². The van der Waals surface area contributed by atoms with E-state index in [9.17, 15) is 0 Å². The Morgan fingerprint density at radius 3 is 2.77 bits per heavy atom. The first kappa shape index (κ1) is 8.69. The van der Waals surface area contributed by atoms with Gasteiger partial charge >= 0.3 is 0 Å². The van der Waals surface area contributed by atoms with Crippen LogP contribution in [0, 0.1) is 0 Å². The first-order valence-corrected chi connectivity index (χ1v) is 4.99. The SMILES string of the molecule is CC(C)(C)N1C=C2C=CN=CN2S1. The zero-order valence-electron chi connectivity index (χ0n) is 8.06. The lowest BCUT2D eigenvalue weighted by molar-refractivity contribution is 0.351. The first-order chi connectivity index (χ1) is 6.07. The van der Waals surface area contributed by atoms with E-state index in [0.29, 0.717) is 0 Å². The Labute approximate surface area is 83.1 Å². The van der Waals surface area contributed by atoms with Crippen molar-refractivity contribution in [3.63, 3.8) is 0 Å². The van der Waals surface area contributed by atoms with Crippen LogP contribution in [-0.4, -0.2) is 20.5 Å². The van der Waals surface area contributed by atoms with E-state index in [4.69, 9.17) is 0 Å². The molecule has 0 aromatic rings. The summed E-state index contributed by atoms with van der Waals surface area (Å²) in [5.74, 6) is 0. The van der Waals surface area contributed by atoms with Gasteiger partial charge in [-0.15, -0.1) is 0 Å². The van der Waals surface area contributed by atoms with E-state index in [1.165, 1.54) is 5.70 Å². The number of hydrogen-bond acceptors (Lipinski definition) is 4. The van der Waals surface area contributed by atoms with E-state index < -0.39 is 0 Å². The molecule has 0 N–H and O–H groups in total. The minimum Gasteiger partial charge on any atom is -0.298 e. The molecule has 0 bridgehead atoms. The van der Waals surface area contributed by atoms with E-state index in [0.717, 1.165) is 0 Å². The van der Waals surface area contributed by atoms with Gasteiger partial charge in [-0.1, -0.05) is 0 Å². The van der Waals surface area contributed by atoms with Crippen LogP contribution in [0.1, 0.15) is 20.8 Å². The minimum absolute atomic E-state index is 0.149. The monoisotopic (exact) mass is 195 g/mol. The standard InChI is InChI=1S/C9H13N3S/c1-9(2,3)12-6-8-4-5-10-7-11(8)13-12/h4-7H,1-3H3. The van der Waals surface area contributed by atoms with E-state index in [1.807, 2.05) is 18.6 Å². The molecular weight excluding hydrogens is 182 g/mol. The van der Waals surface area contributed by atoms with Crippen molar-refractivity contribution in [1.29, 1.82) is 0 Å². The Morgan fingerprint density at radius 2 is 2.15 bits per heavy atom. The minimum atomic E-state index is 0.149. The molecule has 0 aromatic carbocycles. The molecule has 0 radical (unpaired) electrons.